The molecule has 1 fully saturated rings. The number of carbonyl (C=O) groups excluding carboxylic acids is 1. The minimum absolute atomic E-state index is 0.191. The molecule has 0 aromatic heterocycles. The van der Waals surface area contributed by atoms with Gasteiger partial charge in [0.2, 0.25) is 5.91 Å². The molecule has 3 nitrogen and oxygen atoms in total. The van der Waals surface area contributed by atoms with Crippen molar-refractivity contribution in [3.8, 4) is 12.3 Å². The first-order valence-corrected chi connectivity index (χ1v) is 4.60. The standard InChI is InChI=1S/C10H16N2O/c1-4-5-11-6-7-12(9(2)3)10(13)8-11/h1,9H,5-8H2,2-3H3. The summed E-state index contributed by atoms with van der Waals surface area (Å²) >= 11 is 0. The summed E-state index contributed by atoms with van der Waals surface area (Å²) in [7, 11) is 0. The van der Waals surface area contributed by atoms with Crippen LogP contribution in [-0.4, -0.2) is 47.9 Å². The van der Waals surface area contributed by atoms with Gasteiger partial charge < -0.3 is 4.90 Å². The molecule has 0 radical (unpaired) electrons. The van der Waals surface area contributed by atoms with Crippen LogP contribution in [0.4, 0.5) is 0 Å². The fraction of sp³-hybridized carbons (Fsp3) is 0.700. The van der Waals surface area contributed by atoms with Crippen LogP contribution in [0, 0.1) is 12.3 Å². The van der Waals surface area contributed by atoms with Crippen LogP contribution in [0.1, 0.15) is 13.8 Å². The third-order valence-electron chi connectivity index (χ3n) is 2.27. The Balaban J connectivity index is 2.48. The summed E-state index contributed by atoms with van der Waals surface area (Å²) in [6.45, 7) is 6.83. The summed E-state index contributed by atoms with van der Waals surface area (Å²) in [5, 5.41) is 0. The molecule has 1 heterocycles. The molecule has 1 saturated heterocycles. The lowest BCUT2D eigenvalue weighted by Crippen LogP contribution is -2.52. The minimum atomic E-state index is 0.191. The number of piperazine rings is 1. The highest BCUT2D eigenvalue weighted by Gasteiger charge is 2.24. The van der Waals surface area contributed by atoms with Crippen molar-refractivity contribution >= 4 is 5.91 Å². The van der Waals surface area contributed by atoms with Gasteiger partial charge in [-0.05, 0) is 13.8 Å². The van der Waals surface area contributed by atoms with Crippen LogP contribution in [0.25, 0.3) is 0 Å². The van der Waals surface area contributed by atoms with Crippen molar-refractivity contribution in [2.75, 3.05) is 26.2 Å². The molecule has 13 heavy (non-hydrogen) atoms. The van der Waals surface area contributed by atoms with E-state index in [9.17, 15) is 4.79 Å². The summed E-state index contributed by atoms with van der Waals surface area (Å²) in [6, 6.07) is 0.306. The molecular weight excluding hydrogens is 164 g/mol. The average molecular weight is 180 g/mol. The highest BCUT2D eigenvalue weighted by atomic mass is 16.2. The molecule has 1 aliphatic heterocycles. The molecule has 0 atom stereocenters. The lowest BCUT2D eigenvalue weighted by atomic mass is 10.2. The van der Waals surface area contributed by atoms with Crippen LogP contribution in [-0.2, 0) is 4.79 Å². The molecule has 1 rings (SSSR count). The number of amides is 1. The normalized spacial score (nSPS) is 19.2. The number of rotatable bonds is 2. The molecule has 72 valence electrons. The summed E-state index contributed by atoms with van der Waals surface area (Å²) in [4.78, 5) is 15.4. The van der Waals surface area contributed by atoms with Gasteiger partial charge in [0.05, 0.1) is 13.1 Å². The fourth-order valence-electron chi connectivity index (χ4n) is 1.55. The lowest BCUT2D eigenvalue weighted by Gasteiger charge is -2.35. The van der Waals surface area contributed by atoms with Gasteiger partial charge in [0, 0.05) is 19.1 Å². The number of carbonyl (C=O) groups is 1. The first-order chi connectivity index (χ1) is 6.15. The largest absolute Gasteiger partial charge is 0.338 e. The molecule has 3 heteroatoms. The first-order valence-electron chi connectivity index (χ1n) is 4.60. The molecule has 1 aliphatic rings. The summed E-state index contributed by atoms with van der Waals surface area (Å²) in [6.07, 6.45) is 5.18. The van der Waals surface area contributed by atoms with E-state index < -0.39 is 0 Å². The number of hydrogen-bond acceptors (Lipinski definition) is 2. The maximum absolute atomic E-state index is 11.5. The summed E-state index contributed by atoms with van der Waals surface area (Å²) < 4.78 is 0. The maximum atomic E-state index is 11.5. The van der Waals surface area contributed by atoms with Gasteiger partial charge in [0.1, 0.15) is 0 Å². The quantitative estimate of drug-likeness (QED) is 0.566. The van der Waals surface area contributed by atoms with Crippen LogP contribution in [0.3, 0.4) is 0 Å². The number of hydrogen-bond donors (Lipinski definition) is 0. The fourth-order valence-corrected chi connectivity index (χ4v) is 1.55. The smallest absolute Gasteiger partial charge is 0.237 e. The Morgan fingerprint density at radius 3 is 2.69 bits per heavy atom. The molecule has 0 unspecified atom stereocenters. The Labute approximate surface area is 79.7 Å². The Kier molecular flexibility index (Phi) is 3.32. The predicted molar refractivity (Wildman–Crippen MR) is 52.1 cm³/mol. The van der Waals surface area contributed by atoms with Crippen LogP contribution >= 0.6 is 0 Å². The van der Waals surface area contributed by atoms with Crippen molar-refractivity contribution in [3.05, 3.63) is 0 Å². The van der Waals surface area contributed by atoms with E-state index in [1.165, 1.54) is 0 Å². The van der Waals surface area contributed by atoms with Gasteiger partial charge in [0.25, 0.3) is 0 Å². The monoisotopic (exact) mass is 180 g/mol. The molecule has 0 aromatic rings. The second-order valence-electron chi connectivity index (χ2n) is 3.60. The van der Waals surface area contributed by atoms with Crippen LogP contribution < -0.4 is 0 Å². The van der Waals surface area contributed by atoms with Crippen molar-refractivity contribution in [2.45, 2.75) is 19.9 Å². The second kappa shape index (κ2) is 4.29. The van der Waals surface area contributed by atoms with Crippen LogP contribution in [0.2, 0.25) is 0 Å². The molecule has 0 bridgehead atoms. The number of terminal acetylenes is 1. The van der Waals surface area contributed by atoms with E-state index in [0.717, 1.165) is 13.1 Å². The Morgan fingerprint density at radius 2 is 2.23 bits per heavy atom. The van der Waals surface area contributed by atoms with Crippen molar-refractivity contribution in [2.24, 2.45) is 0 Å². The van der Waals surface area contributed by atoms with Gasteiger partial charge >= 0.3 is 0 Å². The van der Waals surface area contributed by atoms with Gasteiger partial charge in [0.15, 0.2) is 0 Å². The van der Waals surface area contributed by atoms with Gasteiger partial charge in [-0.25, -0.2) is 0 Å². The van der Waals surface area contributed by atoms with Gasteiger partial charge in [-0.15, -0.1) is 6.42 Å². The van der Waals surface area contributed by atoms with Gasteiger partial charge in [-0.3, -0.25) is 9.69 Å². The first kappa shape index (κ1) is 10.1. The number of nitrogens with zero attached hydrogens (tertiary/aromatic N) is 2. The molecule has 0 aromatic carbocycles. The van der Waals surface area contributed by atoms with E-state index >= 15 is 0 Å². The third-order valence-corrected chi connectivity index (χ3v) is 2.27. The molecule has 1 amide bonds. The highest BCUT2D eigenvalue weighted by molar-refractivity contribution is 5.79. The molecule has 0 saturated carbocycles. The zero-order valence-electron chi connectivity index (χ0n) is 8.29. The third kappa shape index (κ3) is 2.46. The van der Waals surface area contributed by atoms with E-state index in [1.54, 1.807) is 0 Å². The van der Waals surface area contributed by atoms with E-state index in [-0.39, 0.29) is 5.91 Å². The van der Waals surface area contributed by atoms with E-state index in [2.05, 4.69) is 5.92 Å². The van der Waals surface area contributed by atoms with E-state index in [1.807, 2.05) is 23.6 Å². The van der Waals surface area contributed by atoms with E-state index in [4.69, 9.17) is 6.42 Å². The average Bonchev–Trinajstić information content (AvgIpc) is 2.04. The zero-order valence-corrected chi connectivity index (χ0v) is 8.29. The summed E-state index contributed by atoms with van der Waals surface area (Å²) in [5.41, 5.74) is 0. The van der Waals surface area contributed by atoms with Crippen molar-refractivity contribution < 1.29 is 4.79 Å². The van der Waals surface area contributed by atoms with E-state index in [0.29, 0.717) is 19.1 Å². The van der Waals surface area contributed by atoms with Gasteiger partial charge in [-0.1, -0.05) is 5.92 Å². The molecule has 0 N–H and O–H groups in total. The Morgan fingerprint density at radius 1 is 1.54 bits per heavy atom. The molecule has 0 spiro atoms. The highest BCUT2D eigenvalue weighted by Crippen LogP contribution is 2.06. The topological polar surface area (TPSA) is 23.6 Å². The molecule has 0 aliphatic carbocycles. The van der Waals surface area contributed by atoms with Crippen LogP contribution in [0.5, 0.6) is 0 Å². The van der Waals surface area contributed by atoms with Crippen molar-refractivity contribution in [1.29, 1.82) is 0 Å². The predicted octanol–water partition coefficient (Wildman–Crippen LogP) is 0.172. The lowest BCUT2D eigenvalue weighted by molar-refractivity contribution is -0.137. The Bertz CT molecular complexity index is 230. The SMILES string of the molecule is C#CCN1CCN(C(C)C)C(=O)C1. The zero-order chi connectivity index (χ0) is 9.84. The Hall–Kier alpha value is -1.01. The summed E-state index contributed by atoms with van der Waals surface area (Å²) in [5.74, 6) is 2.75. The van der Waals surface area contributed by atoms with Crippen molar-refractivity contribution in [3.63, 3.8) is 0 Å². The maximum Gasteiger partial charge on any atom is 0.237 e. The second-order valence-corrected chi connectivity index (χ2v) is 3.60. The van der Waals surface area contributed by atoms with Gasteiger partial charge in [-0.2, -0.15) is 0 Å². The molecular formula is C10H16N2O. The van der Waals surface area contributed by atoms with Crippen molar-refractivity contribution in [1.82, 2.24) is 9.80 Å². The van der Waals surface area contributed by atoms with Crippen LogP contribution in [0.15, 0.2) is 0 Å². The minimum Gasteiger partial charge on any atom is -0.338 e.